The Hall–Kier alpha value is -3.94. The van der Waals surface area contributed by atoms with Crippen molar-refractivity contribution in [2.24, 2.45) is 0 Å². The molecule has 0 bridgehead atoms. The molecule has 0 aliphatic rings. The molecule has 0 radical (unpaired) electrons. The second kappa shape index (κ2) is 9.51. The standard InChI is InChI=1S/C22H24N6O2/c1-4-12-24-22(30)27-17-10-8-16(9-11-17)26-21(29)18-14-25-28(20(18)15(2)3)19-7-5-6-13-23-19/h4-11,13-15H,1,12H2,2-3H3,(H,26,29)(H2,24,27,30). The average molecular weight is 404 g/mol. The fraction of sp³-hybridized carbons (Fsp3) is 0.182. The number of aromatic nitrogens is 3. The van der Waals surface area contributed by atoms with Crippen LogP contribution in [0.25, 0.3) is 5.82 Å². The maximum absolute atomic E-state index is 12.9. The summed E-state index contributed by atoms with van der Waals surface area (Å²) in [5.41, 5.74) is 2.49. The number of hydrogen-bond donors (Lipinski definition) is 3. The molecule has 8 heteroatoms. The van der Waals surface area contributed by atoms with E-state index in [1.807, 2.05) is 32.0 Å². The van der Waals surface area contributed by atoms with Crippen LogP contribution in [-0.4, -0.2) is 33.2 Å². The molecular formula is C22H24N6O2. The number of amides is 3. The lowest BCUT2D eigenvalue weighted by atomic mass is 10.1. The molecule has 2 heterocycles. The SMILES string of the molecule is C=CCNC(=O)Nc1ccc(NC(=O)c2cnn(-c3ccccn3)c2C(C)C)cc1. The van der Waals surface area contributed by atoms with Crippen molar-refractivity contribution in [1.82, 2.24) is 20.1 Å². The first kappa shape index (κ1) is 20.8. The minimum absolute atomic E-state index is 0.0657. The van der Waals surface area contributed by atoms with E-state index < -0.39 is 0 Å². The van der Waals surface area contributed by atoms with Gasteiger partial charge in [-0.15, -0.1) is 6.58 Å². The number of nitrogens with zero attached hydrogens (tertiary/aromatic N) is 3. The highest BCUT2D eigenvalue weighted by Gasteiger charge is 2.21. The average Bonchev–Trinajstić information content (AvgIpc) is 3.20. The van der Waals surface area contributed by atoms with Crippen molar-refractivity contribution in [1.29, 1.82) is 0 Å². The van der Waals surface area contributed by atoms with Crippen LogP contribution < -0.4 is 16.0 Å². The summed E-state index contributed by atoms with van der Waals surface area (Å²) in [4.78, 5) is 28.9. The predicted molar refractivity (Wildman–Crippen MR) is 117 cm³/mol. The molecule has 1 aromatic carbocycles. The van der Waals surface area contributed by atoms with Crippen molar-refractivity contribution in [2.45, 2.75) is 19.8 Å². The van der Waals surface area contributed by atoms with Gasteiger partial charge in [-0.3, -0.25) is 4.79 Å². The van der Waals surface area contributed by atoms with E-state index in [-0.39, 0.29) is 17.9 Å². The van der Waals surface area contributed by atoms with Gasteiger partial charge in [0.2, 0.25) is 0 Å². The summed E-state index contributed by atoms with van der Waals surface area (Å²) in [6.45, 7) is 7.94. The minimum atomic E-state index is -0.324. The number of urea groups is 1. The number of nitrogens with one attached hydrogen (secondary N) is 3. The highest BCUT2D eigenvalue weighted by atomic mass is 16.2. The van der Waals surface area contributed by atoms with Crippen LogP contribution in [0.5, 0.6) is 0 Å². The van der Waals surface area contributed by atoms with Crippen molar-refractivity contribution in [2.75, 3.05) is 17.2 Å². The number of carbonyl (C=O) groups excluding carboxylic acids is 2. The monoisotopic (exact) mass is 404 g/mol. The summed E-state index contributed by atoms with van der Waals surface area (Å²) in [6, 6.07) is 12.1. The summed E-state index contributed by atoms with van der Waals surface area (Å²) in [5, 5.41) is 12.6. The second-order valence-electron chi connectivity index (χ2n) is 6.85. The first-order valence-electron chi connectivity index (χ1n) is 9.56. The topological polar surface area (TPSA) is 101 Å². The zero-order valence-corrected chi connectivity index (χ0v) is 16.9. The van der Waals surface area contributed by atoms with Gasteiger partial charge in [0.25, 0.3) is 5.91 Å². The number of hydrogen-bond acceptors (Lipinski definition) is 4. The summed E-state index contributed by atoms with van der Waals surface area (Å²) < 4.78 is 1.69. The summed E-state index contributed by atoms with van der Waals surface area (Å²) in [6.07, 6.45) is 4.84. The number of benzene rings is 1. The van der Waals surface area contributed by atoms with Crippen molar-refractivity contribution >= 4 is 23.3 Å². The molecule has 154 valence electrons. The molecule has 0 atom stereocenters. The number of pyridine rings is 1. The van der Waals surface area contributed by atoms with Gasteiger partial charge in [-0.25, -0.2) is 14.5 Å². The van der Waals surface area contributed by atoms with Gasteiger partial charge in [0.05, 0.1) is 17.5 Å². The lowest BCUT2D eigenvalue weighted by Gasteiger charge is -2.12. The van der Waals surface area contributed by atoms with Gasteiger partial charge in [-0.1, -0.05) is 26.0 Å². The molecule has 2 aromatic heterocycles. The Bertz CT molecular complexity index is 1030. The molecule has 3 N–H and O–H groups in total. The number of carbonyl (C=O) groups is 2. The van der Waals surface area contributed by atoms with Crippen molar-refractivity contribution in [3.8, 4) is 5.82 Å². The smallest absolute Gasteiger partial charge is 0.319 e. The van der Waals surface area contributed by atoms with E-state index in [1.165, 1.54) is 0 Å². The molecule has 0 saturated carbocycles. The van der Waals surface area contributed by atoms with E-state index in [1.54, 1.807) is 47.4 Å². The maximum Gasteiger partial charge on any atom is 0.319 e. The van der Waals surface area contributed by atoms with Gasteiger partial charge in [0.1, 0.15) is 0 Å². The molecule has 3 amide bonds. The molecule has 3 aromatic rings. The maximum atomic E-state index is 12.9. The summed E-state index contributed by atoms with van der Waals surface area (Å²) in [5.74, 6) is 0.464. The Labute approximate surface area is 175 Å². The van der Waals surface area contributed by atoms with Gasteiger partial charge in [0.15, 0.2) is 5.82 Å². The Morgan fingerprint density at radius 3 is 2.40 bits per heavy atom. The van der Waals surface area contributed by atoms with Crippen LogP contribution in [0.2, 0.25) is 0 Å². The first-order valence-corrected chi connectivity index (χ1v) is 9.56. The van der Waals surface area contributed by atoms with E-state index >= 15 is 0 Å². The van der Waals surface area contributed by atoms with E-state index in [2.05, 4.69) is 32.6 Å². The fourth-order valence-electron chi connectivity index (χ4n) is 2.93. The Balaban J connectivity index is 1.74. The second-order valence-corrected chi connectivity index (χ2v) is 6.85. The van der Waals surface area contributed by atoms with Gasteiger partial charge in [-0.05, 0) is 42.3 Å². The quantitative estimate of drug-likeness (QED) is 0.519. The lowest BCUT2D eigenvalue weighted by Crippen LogP contribution is -2.28. The van der Waals surface area contributed by atoms with E-state index in [0.717, 1.165) is 5.69 Å². The van der Waals surface area contributed by atoms with Crippen LogP contribution in [0, 0.1) is 0 Å². The molecule has 3 rings (SSSR count). The summed E-state index contributed by atoms with van der Waals surface area (Å²) in [7, 11) is 0. The van der Waals surface area contributed by atoms with Gasteiger partial charge in [0, 0.05) is 24.1 Å². The van der Waals surface area contributed by atoms with E-state index in [9.17, 15) is 9.59 Å². The zero-order valence-electron chi connectivity index (χ0n) is 16.9. The van der Waals surface area contributed by atoms with Crippen molar-refractivity contribution in [3.05, 3.63) is 78.8 Å². The van der Waals surface area contributed by atoms with Crippen LogP contribution in [-0.2, 0) is 0 Å². The Morgan fingerprint density at radius 1 is 1.10 bits per heavy atom. The van der Waals surface area contributed by atoms with E-state index in [0.29, 0.717) is 29.3 Å². The van der Waals surface area contributed by atoms with Gasteiger partial charge in [-0.2, -0.15) is 5.10 Å². The first-order chi connectivity index (χ1) is 14.5. The molecule has 0 aliphatic heterocycles. The van der Waals surface area contributed by atoms with Crippen molar-refractivity contribution < 1.29 is 9.59 Å². The largest absolute Gasteiger partial charge is 0.334 e. The molecule has 0 fully saturated rings. The normalized spacial score (nSPS) is 10.5. The van der Waals surface area contributed by atoms with Crippen LogP contribution in [0.1, 0.15) is 35.8 Å². The summed E-state index contributed by atoms with van der Waals surface area (Å²) >= 11 is 0. The fourth-order valence-corrected chi connectivity index (χ4v) is 2.93. The third-order valence-electron chi connectivity index (χ3n) is 4.27. The van der Waals surface area contributed by atoms with Crippen LogP contribution >= 0.6 is 0 Å². The predicted octanol–water partition coefficient (Wildman–Crippen LogP) is 3.95. The third kappa shape index (κ3) is 4.91. The Morgan fingerprint density at radius 2 is 1.80 bits per heavy atom. The molecule has 30 heavy (non-hydrogen) atoms. The molecule has 0 aliphatic carbocycles. The number of anilines is 2. The molecule has 0 saturated heterocycles. The van der Waals surface area contributed by atoms with E-state index in [4.69, 9.17) is 0 Å². The van der Waals surface area contributed by atoms with Crippen LogP contribution in [0.4, 0.5) is 16.2 Å². The Kier molecular flexibility index (Phi) is 6.59. The van der Waals surface area contributed by atoms with Crippen molar-refractivity contribution in [3.63, 3.8) is 0 Å². The third-order valence-corrected chi connectivity index (χ3v) is 4.27. The van der Waals surface area contributed by atoms with Gasteiger partial charge < -0.3 is 16.0 Å². The lowest BCUT2D eigenvalue weighted by molar-refractivity contribution is 0.102. The minimum Gasteiger partial charge on any atom is -0.334 e. The van der Waals surface area contributed by atoms with Gasteiger partial charge >= 0.3 is 6.03 Å². The molecule has 8 nitrogen and oxygen atoms in total. The molecule has 0 spiro atoms. The molecular weight excluding hydrogens is 380 g/mol. The van der Waals surface area contributed by atoms with Crippen LogP contribution in [0.15, 0.2) is 67.5 Å². The highest BCUT2D eigenvalue weighted by molar-refractivity contribution is 6.05. The highest BCUT2D eigenvalue weighted by Crippen LogP contribution is 2.23. The zero-order chi connectivity index (χ0) is 21.5. The molecule has 0 unspecified atom stereocenters. The van der Waals surface area contributed by atoms with Crippen LogP contribution in [0.3, 0.4) is 0 Å². The number of rotatable bonds is 7.